The highest BCUT2D eigenvalue weighted by molar-refractivity contribution is 5.68. The monoisotopic (exact) mass is 90.1 g/mol. The number of guanidine groups is 1. The van der Waals surface area contributed by atoms with Gasteiger partial charge in [-0.05, 0) is 0 Å². The van der Waals surface area contributed by atoms with E-state index in [9.17, 15) is 0 Å². The minimum absolute atomic E-state index is 0.0671. The summed E-state index contributed by atoms with van der Waals surface area (Å²) in [5, 5.41) is 2.18. The van der Waals surface area contributed by atoms with E-state index in [1.807, 2.05) is 0 Å². The second kappa shape index (κ2) is 2.32. The fourth-order valence-electron chi connectivity index (χ4n) is 0.118. The van der Waals surface area contributed by atoms with Crippen LogP contribution in [0.1, 0.15) is 0 Å². The van der Waals surface area contributed by atoms with Gasteiger partial charge in [-0.3, -0.25) is 11.5 Å². The van der Waals surface area contributed by atoms with Gasteiger partial charge in [0.15, 0.2) is 0 Å². The molecule has 4 nitrogen and oxygen atoms in total. The van der Waals surface area contributed by atoms with Gasteiger partial charge in [0.05, 0.1) is 0 Å². The first-order valence-electron chi connectivity index (χ1n) is 1.44. The van der Waals surface area contributed by atoms with Crippen LogP contribution in [0.3, 0.4) is 0 Å². The van der Waals surface area contributed by atoms with Crippen LogP contribution in [-0.2, 0) is 4.84 Å². The topological polar surface area (TPSA) is 75.2 Å². The highest BCUT2D eigenvalue weighted by Crippen LogP contribution is 1.15. The molecule has 0 saturated carbocycles. The van der Waals surface area contributed by atoms with Gasteiger partial charge < -0.3 is 4.84 Å². The number of nitrogens with two attached hydrogens (primary N) is 2. The lowest BCUT2D eigenvalue weighted by molar-refractivity contribution is -0.745. The quantitative estimate of drug-likeness (QED) is 0.181. The Bertz CT molecular complexity index is 55.8. The number of hydrogen-bond acceptors (Lipinski definition) is 1. The third-order valence-electron chi connectivity index (χ3n) is 0.220. The lowest BCUT2D eigenvalue weighted by Gasteiger charge is -1.80. The van der Waals surface area contributed by atoms with E-state index in [1.165, 1.54) is 7.11 Å². The van der Waals surface area contributed by atoms with Crippen molar-refractivity contribution in [2.75, 3.05) is 7.11 Å². The zero-order valence-corrected chi connectivity index (χ0v) is 3.56. The van der Waals surface area contributed by atoms with Gasteiger partial charge in [-0.1, -0.05) is 0 Å². The summed E-state index contributed by atoms with van der Waals surface area (Å²) < 4.78 is 0. The van der Waals surface area contributed by atoms with Gasteiger partial charge in [-0.25, -0.2) is 0 Å². The molecule has 4 heteroatoms. The Morgan fingerprint density at radius 3 is 2.17 bits per heavy atom. The fourth-order valence-corrected chi connectivity index (χ4v) is 0.118. The van der Waals surface area contributed by atoms with Crippen molar-refractivity contribution < 1.29 is 9.99 Å². The summed E-state index contributed by atoms with van der Waals surface area (Å²) >= 11 is 0. The Labute approximate surface area is 35.7 Å². The van der Waals surface area contributed by atoms with Crippen LogP contribution in [0.4, 0.5) is 0 Å². The molecule has 5 N–H and O–H groups in total. The normalized spacial score (nSPS) is 6.83. The van der Waals surface area contributed by atoms with Gasteiger partial charge >= 0.3 is 5.96 Å². The average Bonchev–Trinajstić information content (AvgIpc) is 1.35. The van der Waals surface area contributed by atoms with Gasteiger partial charge in [-0.15, -0.1) is 5.16 Å². The molecule has 6 heavy (non-hydrogen) atoms. The summed E-state index contributed by atoms with van der Waals surface area (Å²) in [7, 11) is 1.43. The van der Waals surface area contributed by atoms with Crippen LogP contribution in [0.2, 0.25) is 0 Å². The Kier molecular flexibility index (Phi) is 1.96. The average molecular weight is 90.1 g/mol. The minimum Gasteiger partial charge on any atom is -0.368 e. The highest BCUT2D eigenvalue weighted by Gasteiger charge is 1.77. The summed E-state index contributed by atoms with van der Waals surface area (Å²) in [4.78, 5) is 4.27. The van der Waals surface area contributed by atoms with E-state index in [0.717, 1.165) is 0 Å². The van der Waals surface area contributed by atoms with Gasteiger partial charge in [0.2, 0.25) is 0 Å². The van der Waals surface area contributed by atoms with Crippen molar-refractivity contribution in [1.82, 2.24) is 0 Å². The smallest absolute Gasteiger partial charge is 0.368 e. The maximum Gasteiger partial charge on any atom is 0.375 e. The van der Waals surface area contributed by atoms with E-state index in [2.05, 4.69) is 9.99 Å². The first-order chi connectivity index (χ1) is 2.77. The maximum atomic E-state index is 4.86. The van der Waals surface area contributed by atoms with Crippen molar-refractivity contribution in [3.63, 3.8) is 0 Å². The van der Waals surface area contributed by atoms with Crippen LogP contribution < -0.4 is 16.6 Å². The van der Waals surface area contributed by atoms with Crippen LogP contribution in [0, 0.1) is 0 Å². The first-order valence-corrected chi connectivity index (χ1v) is 1.44. The molecule has 0 aliphatic rings. The van der Waals surface area contributed by atoms with Crippen molar-refractivity contribution in [3.05, 3.63) is 0 Å². The first kappa shape index (κ1) is 5.07. The lowest BCUT2D eigenvalue weighted by atomic mass is 11.1. The van der Waals surface area contributed by atoms with Crippen molar-refractivity contribution in [2.24, 2.45) is 11.5 Å². The molecule has 0 heterocycles. The van der Waals surface area contributed by atoms with E-state index in [4.69, 9.17) is 11.5 Å². The van der Waals surface area contributed by atoms with Crippen LogP contribution in [0.15, 0.2) is 0 Å². The van der Waals surface area contributed by atoms with Gasteiger partial charge in [-0.2, -0.15) is 0 Å². The summed E-state index contributed by atoms with van der Waals surface area (Å²) in [5.41, 5.74) is 9.72. The molecule has 0 aromatic rings. The molecule has 0 bridgehead atoms. The fraction of sp³-hybridized carbons (Fsp3) is 0.500. The molecule has 0 atom stereocenters. The van der Waals surface area contributed by atoms with Gasteiger partial charge in [0.25, 0.3) is 0 Å². The molecular formula is C2H8N3O+. The van der Waals surface area contributed by atoms with E-state index in [0.29, 0.717) is 0 Å². The van der Waals surface area contributed by atoms with E-state index >= 15 is 0 Å². The third kappa shape index (κ3) is 3.07. The van der Waals surface area contributed by atoms with Gasteiger partial charge in [0.1, 0.15) is 7.11 Å². The summed E-state index contributed by atoms with van der Waals surface area (Å²) in [5.74, 6) is 0.0671. The molecule has 0 aromatic heterocycles. The zero-order valence-electron chi connectivity index (χ0n) is 3.56. The predicted octanol–water partition coefficient (Wildman–Crippen LogP) is -3.10. The number of rotatable bonds is 1. The van der Waals surface area contributed by atoms with E-state index in [-0.39, 0.29) is 5.96 Å². The molecule has 0 aromatic carbocycles. The van der Waals surface area contributed by atoms with Crippen LogP contribution in [0.5, 0.6) is 0 Å². The zero-order chi connectivity index (χ0) is 4.99. The maximum absolute atomic E-state index is 4.86. The van der Waals surface area contributed by atoms with Crippen molar-refractivity contribution in [1.29, 1.82) is 0 Å². The molecule has 0 aliphatic heterocycles. The van der Waals surface area contributed by atoms with Crippen molar-refractivity contribution in [2.45, 2.75) is 0 Å². The molecular weight excluding hydrogens is 82.0 g/mol. The molecule has 0 amide bonds. The SMILES string of the molecule is CO[NH+]=C(N)N. The number of nitrogens with one attached hydrogen (secondary N) is 1. The predicted molar refractivity (Wildman–Crippen MR) is 21.4 cm³/mol. The number of hydrogen-bond donors (Lipinski definition) is 3. The molecule has 0 spiro atoms. The van der Waals surface area contributed by atoms with Crippen molar-refractivity contribution >= 4 is 5.96 Å². The van der Waals surface area contributed by atoms with Gasteiger partial charge in [0, 0.05) is 0 Å². The van der Waals surface area contributed by atoms with Crippen LogP contribution in [0.25, 0.3) is 0 Å². The van der Waals surface area contributed by atoms with E-state index in [1.54, 1.807) is 0 Å². The summed E-state index contributed by atoms with van der Waals surface area (Å²) in [6, 6.07) is 0. The minimum atomic E-state index is 0.0671. The second-order valence-electron chi connectivity index (χ2n) is 0.762. The largest absolute Gasteiger partial charge is 0.375 e. The van der Waals surface area contributed by atoms with Crippen LogP contribution in [-0.4, -0.2) is 13.1 Å². The van der Waals surface area contributed by atoms with Crippen molar-refractivity contribution in [3.8, 4) is 0 Å². The molecule has 0 unspecified atom stereocenters. The molecule has 0 radical (unpaired) electrons. The lowest BCUT2D eigenvalue weighted by Crippen LogP contribution is -2.76. The summed E-state index contributed by atoms with van der Waals surface area (Å²) in [6.45, 7) is 0. The molecule has 0 rings (SSSR count). The summed E-state index contributed by atoms with van der Waals surface area (Å²) in [6.07, 6.45) is 0. The third-order valence-corrected chi connectivity index (χ3v) is 0.220. The molecule has 0 saturated heterocycles. The Balaban J connectivity index is 3.14. The highest BCUT2D eigenvalue weighted by atomic mass is 16.6. The Hall–Kier alpha value is -0.930. The van der Waals surface area contributed by atoms with Crippen LogP contribution >= 0.6 is 0 Å². The molecule has 0 fully saturated rings. The van der Waals surface area contributed by atoms with E-state index < -0.39 is 0 Å². The molecule has 36 valence electrons. The standard InChI is InChI=1S/C2H7N3O/c1-6-5-2(3)4/h1H3,(H4,3,4,5)/p+1. The second-order valence-corrected chi connectivity index (χ2v) is 0.762. The molecule has 0 aliphatic carbocycles. The Morgan fingerprint density at radius 2 is 2.17 bits per heavy atom. The Morgan fingerprint density at radius 1 is 1.67 bits per heavy atom.